The van der Waals surface area contributed by atoms with Gasteiger partial charge in [0.2, 0.25) is 23.5 Å². The van der Waals surface area contributed by atoms with Gasteiger partial charge in [-0.2, -0.15) is 9.97 Å². The minimum absolute atomic E-state index is 0.232. The van der Waals surface area contributed by atoms with Gasteiger partial charge < -0.3 is 18.8 Å². The van der Waals surface area contributed by atoms with E-state index >= 15 is 0 Å². The molecular formula is C10H10BN4O4. The molecule has 2 heterocycles. The molecule has 2 aromatic rings. The van der Waals surface area contributed by atoms with E-state index in [4.69, 9.17) is 18.8 Å². The van der Waals surface area contributed by atoms with Gasteiger partial charge >= 0.3 is 7.69 Å². The Bertz CT molecular complexity index is 495. The summed E-state index contributed by atoms with van der Waals surface area (Å²) in [7, 11) is 4.03. The van der Waals surface area contributed by atoms with Gasteiger partial charge in [0.1, 0.15) is 0 Å². The van der Waals surface area contributed by atoms with Crippen molar-refractivity contribution in [3.05, 3.63) is 24.8 Å². The number of nitrogens with zero attached hydrogens (tertiary/aromatic N) is 4. The third-order valence-corrected chi connectivity index (χ3v) is 1.94. The van der Waals surface area contributed by atoms with Crippen molar-refractivity contribution in [2.45, 2.75) is 0 Å². The largest absolute Gasteiger partial charge is 0.660 e. The summed E-state index contributed by atoms with van der Waals surface area (Å²) in [5, 5.41) is 0. The molecule has 0 fully saturated rings. The molecule has 19 heavy (non-hydrogen) atoms. The molecule has 97 valence electrons. The predicted molar refractivity (Wildman–Crippen MR) is 64.2 cm³/mol. The van der Waals surface area contributed by atoms with Gasteiger partial charge in [-0.15, -0.1) is 0 Å². The Morgan fingerprint density at radius 3 is 1.58 bits per heavy atom. The van der Waals surface area contributed by atoms with Crippen molar-refractivity contribution in [2.75, 3.05) is 14.2 Å². The molecule has 9 heteroatoms. The van der Waals surface area contributed by atoms with E-state index in [-0.39, 0.29) is 11.8 Å². The Balaban J connectivity index is 1.88. The monoisotopic (exact) mass is 261 g/mol. The summed E-state index contributed by atoms with van der Waals surface area (Å²) in [5.74, 6) is 1.14. The fourth-order valence-electron chi connectivity index (χ4n) is 1.10. The number of ether oxygens (including phenoxy) is 2. The van der Waals surface area contributed by atoms with Crippen LogP contribution in [0.15, 0.2) is 24.8 Å². The van der Waals surface area contributed by atoms with Crippen LogP contribution in [0.1, 0.15) is 0 Å². The molecule has 0 aliphatic carbocycles. The van der Waals surface area contributed by atoms with Crippen molar-refractivity contribution in [1.29, 1.82) is 0 Å². The van der Waals surface area contributed by atoms with Crippen molar-refractivity contribution in [3.63, 3.8) is 0 Å². The van der Waals surface area contributed by atoms with Gasteiger partial charge in [0.25, 0.3) is 0 Å². The number of aromatic nitrogens is 4. The first-order valence-electron chi connectivity index (χ1n) is 5.19. The standard InChI is InChI=1S/C10H10BN4O4/c1-16-7-3-12-5-9(14-7)18-11-19-10-6-13-4-8(15-10)17-2/h3-6H,1-2H3. The van der Waals surface area contributed by atoms with Crippen LogP contribution in [0.5, 0.6) is 23.5 Å². The van der Waals surface area contributed by atoms with Gasteiger partial charge in [0, 0.05) is 0 Å². The van der Waals surface area contributed by atoms with Crippen LogP contribution in [0.4, 0.5) is 0 Å². The zero-order chi connectivity index (χ0) is 13.5. The van der Waals surface area contributed by atoms with Gasteiger partial charge in [-0.1, -0.05) is 0 Å². The molecule has 0 aliphatic rings. The summed E-state index contributed by atoms with van der Waals surface area (Å²) >= 11 is 0. The van der Waals surface area contributed by atoms with E-state index in [0.717, 1.165) is 7.69 Å². The second kappa shape index (κ2) is 6.38. The summed E-state index contributed by atoms with van der Waals surface area (Å²) in [6.07, 6.45) is 5.75. The van der Waals surface area contributed by atoms with Crippen LogP contribution < -0.4 is 18.8 Å². The smallest absolute Gasteiger partial charge is 0.511 e. The molecule has 1 radical (unpaired) electrons. The van der Waals surface area contributed by atoms with Crippen molar-refractivity contribution < 1.29 is 18.8 Å². The van der Waals surface area contributed by atoms with Crippen molar-refractivity contribution in [3.8, 4) is 23.5 Å². The first-order valence-corrected chi connectivity index (χ1v) is 5.19. The Hall–Kier alpha value is -2.58. The summed E-state index contributed by atoms with van der Waals surface area (Å²) in [5.41, 5.74) is 0. The predicted octanol–water partition coefficient (Wildman–Crippen LogP) is 0.276. The zero-order valence-electron chi connectivity index (χ0n) is 10.3. The van der Waals surface area contributed by atoms with E-state index in [1.807, 2.05) is 0 Å². The van der Waals surface area contributed by atoms with Crippen LogP contribution >= 0.6 is 0 Å². The normalized spacial score (nSPS) is 9.58. The minimum atomic E-state index is 0.232. The van der Waals surface area contributed by atoms with Crippen LogP contribution in [0.25, 0.3) is 0 Å². The molecule has 2 aromatic heterocycles. The van der Waals surface area contributed by atoms with Crippen LogP contribution in [-0.4, -0.2) is 41.8 Å². The van der Waals surface area contributed by atoms with Crippen LogP contribution in [0, 0.1) is 0 Å². The molecule has 0 aliphatic heterocycles. The summed E-state index contributed by atoms with van der Waals surface area (Å²) in [6.45, 7) is 0. The molecular weight excluding hydrogens is 251 g/mol. The molecule has 0 N–H and O–H groups in total. The lowest BCUT2D eigenvalue weighted by Crippen LogP contribution is -2.13. The molecule has 2 rings (SSSR count). The first kappa shape index (κ1) is 12.9. The van der Waals surface area contributed by atoms with Crippen molar-refractivity contribution in [1.82, 2.24) is 19.9 Å². The topological polar surface area (TPSA) is 88.5 Å². The fraction of sp³-hybridized carbons (Fsp3) is 0.200. The van der Waals surface area contributed by atoms with E-state index in [9.17, 15) is 0 Å². The zero-order valence-corrected chi connectivity index (χ0v) is 10.3. The average Bonchev–Trinajstić information content (AvgIpc) is 2.48. The fourth-order valence-corrected chi connectivity index (χ4v) is 1.10. The van der Waals surface area contributed by atoms with Gasteiger partial charge in [-0.05, 0) is 0 Å². The maximum Gasteiger partial charge on any atom is 0.660 e. The average molecular weight is 261 g/mol. The SMILES string of the molecule is COc1cncc(O[B]Oc2cncc(OC)n2)n1. The van der Waals surface area contributed by atoms with E-state index < -0.39 is 0 Å². The Morgan fingerprint density at radius 1 is 0.737 bits per heavy atom. The molecule has 0 spiro atoms. The Labute approximate surface area is 110 Å². The lowest BCUT2D eigenvalue weighted by molar-refractivity contribution is 0.374. The lowest BCUT2D eigenvalue weighted by Gasteiger charge is -2.06. The maximum absolute atomic E-state index is 5.12. The molecule has 0 atom stereocenters. The van der Waals surface area contributed by atoms with E-state index in [1.165, 1.54) is 39.0 Å². The van der Waals surface area contributed by atoms with E-state index in [1.54, 1.807) is 0 Å². The maximum atomic E-state index is 5.12. The van der Waals surface area contributed by atoms with Gasteiger partial charge in [-0.25, -0.2) is 0 Å². The number of methoxy groups -OCH3 is 2. The van der Waals surface area contributed by atoms with Gasteiger partial charge in [0.05, 0.1) is 39.0 Å². The molecule has 0 aromatic carbocycles. The highest BCUT2D eigenvalue weighted by Crippen LogP contribution is 2.12. The molecule has 0 bridgehead atoms. The second-order valence-electron chi connectivity index (χ2n) is 3.13. The highest BCUT2D eigenvalue weighted by Gasteiger charge is 2.06. The van der Waals surface area contributed by atoms with E-state index in [2.05, 4.69) is 19.9 Å². The summed E-state index contributed by atoms with van der Waals surface area (Å²) < 4.78 is 20.0. The summed E-state index contributed by atoms with van der Waals surface area (Å²) in [4.78, 5) is 15.7. The lowest BCUT2D eigenvalue weighted by atomic mass is 10.4. The summed E-state index contributed by atoms with van der Waals surface area (Å²) in [6, 6.07) is 0. The Morgan fingerprint density at radius 2 is 1.16 bits per heavy atom. The highest BCUT2D eigenvalue weighted by molar-refractivity contribution is 6.20. The van der Waals surface area contributed by atoms with Crippen LogP contribution in [0.3, 0.4) is 0 Å². The number of rotatable bonds is 6. The first-order chi connectivity index (χ1) is 9.31. The quantitative estimate of drug-likeness (QED) is 0.685. The van der Waals surface area contributed by atoms with Gasteiger partial charge in [0.15, 0.2) is 0 Å². The Kier molecular flexibility index (Phi) is 4.32. The third kappa shape index (κ3) is 3.70. The molecule has 0 saturated carbocycles. The molecule has 0 saturated heterocycles. The highest BCUT2D eigenvalue weighted by atomic mass is 16.6. The van der Waals surface area contributed by atoms with Crippen molar-refractivity contribution >= 4 is 7.69 Å². The number of hydrogen-bond acceptors (Lipinski definition) is 8. The molecule has 0 unspecified atom stereocenters. The molecule has 0 amide bonds. The van der Waals surface area contributed by atoms with E-state index in [0.29, 0.717) is 11.8 Å². The number of hydrogen-bond donors (Lipinski definition) is 0. The van der Waals surface area contributed by atoms with Crippen molar-refractivity contribution in [2.24, 2.45) is 0 Å². The van der Waals surface area contributed by atoms with Gasteiger partial charge in [-0.3, -0.25) is 9.97 Å². The van der Waals surface area contributed by atoms with Crippen LogP contribution in [-0.2, 0) is 0 Å². The minimum Gasteiger partial charge on any atom is -0.511 e. The third-order valence-electron chi connectivity index (χ3n) is 1.94. The van der Waals surface area contributed by atoms with Crippen LogP contribution in [0.2, 0.25) is 0 Å². The second-order valence-corrected chi connectivity index (χ2v) is 3.13. The molecule has 8 nitrogen and oxygen atoms in total.